The van der Waals surface area contributed by atoms with Crippen molar-refractivity contribution >= 4 is 17.3 Å². The molecule has 0 aliphatic carbocycles. The number of nitrogens with one attached hydrogen (secondary N) is 2. The quantitative estimate of drug-likeness (QED) is 0.552. The van der Waals surface area contributed by atoms with Crippen molar-refractivity contribution in [2.75, 3.05) is 26.0 Å². The third kappa shape index (κ3) is 5.70. The van der Waals surface area contributed by atoms with E-state index in [9.17, 15) is 4.79 Å². The molecule has 0 bridgehead atoms. The molecule has 0 spiro atoms. The highest BCUT2D eigenvalue weighted by Gasteiger charge is 2.06. The number of thiazole rings is 1. The molecule has 3 aromatic heterocycles. The number of aromatic amines is 1. The van der Waals surface area contributed by atoms with E-state index in [1.807, 2.05) is 20.2 Å². The minimum Gasteiger partial charge on any atom is -0.356 e. The Hall–Kier alpha value is -2.58. The summed E-state index contributed by atoms with van der Waals surface area (Å²) in [6.07, 6.45) is 7.90. The molecule has 3 aromatic rings. The number of anilines is 1. The maximum Gasteiger partial charge on any atom is 0.260 e. The fraction of sp³-hybridized carbons (Fsp3) is 0.368. The van der Waals surface area contributed by atoms with Crippen LogP contribution in [0.3, 0.4) is 0 Å². The molecule has 0 amide bonds. The second kappa shape index (κ2) is 9.38. The molecule has 0 fully saturated rings. The van der Waals surface area contributed by atoms with Gasteiger partial charge in [0.1, 0.15) is 5.01 Å². The monoisotopic (exact) mass is 384 g/mol. The van der Waals surface area contributed by atoms with Crippen molar-refractivity contribution in [2.45, 2.75) is 25.8 Å². The average Bonchev–Trinajstić information content (AvgIpc) is 3.09. The van der Waals surface area contributed by atoms with Gasteiger partial charge < -0.3 is 10.2 Å². The molecule has 0 saturated carbocycles. The Kier molecular flexibility index (Phi) is 6.67. The van der Waals surface area contributed by atoms with Crippen LogP contribution < -0.4 is 10.9 Å². The number of nitrogens with zero attached hydrogens (tertiary/aromatic N) is 4. The zero-order valence-electron chi connectivity index (χ0n) is 15.6. The van der Waals surface area contributed by atoms with Crippen LogP contribution in [0.1, 0.15) is 23.5 Å². The first-order valence-electron chi connectivity index (χ1n) is 8.93. The maximum atomic E-state index is 12.2. The summed E-state index contributed by atoms with van der Waals surface area (Å²) in [5.74, 6) is 0.495. The summed E-state index contributed by atoms with van der Waals surface area (Å²) < 4.78 is 0. The number of unbranched alkanes of at least 4 members (excludes halogenated alkanes) is 1. The summed E-state index contributed by atoms with van der Waals surface area (Å²) >= 11 is 1.72. The van der Waals surface area contributed by atoms with Crippen molar-refractivity contribution in [3.63, 3.8) is 0 Å². The van der Waals surface area contributed by atoms with Crippen LogP contribution in [0.4, 0.5) is 5.95 Å². The van der Waals surface area contributed by atoms with Gasteiger partial charge in [-0.3, -0.25) is 14.8 Å². The van der Waals surface area contributed by atoms with Crippen LogP contribution in [0, 0.1) is 0 Å². The Labute approximate surface area is 162 Å². The van der Waals surface area contributed by atoms with Gasteiger partial charge in [-0.1, -0.05) is 6.07 Å². The molecule has 0 aliphatic rings. The first-order chi connectivity index (χ1) is 13.1. The number of pyridine rings is 1. The second-order valence-electron chi connectivity index (χ2n) is 6.57. The van der Waals surface area contributed by atoms with Crippen molar-refractivity contribution in [1.82, 2.24) is 24.8 Å². The summed E-state index contributed by atoms with van der Waals surface area (Å²) in [5.41, 5.74) is 2.26. The Bertz CT molecular complexity index is 906. The summed E-state index contributed by atoms with van der Waals surface area (Å²) in [4.78, 5) is 30.1. The van der Waals surface area contributed by atoms with E-state index in [2.05, 4.69) is 35.5 Å². The summed E-state index contributed by atoms with van der Waals surface area (Å²) in [7, 11) is 4.10. The van der Waals surface area contributed by atoms with Gasteiger partial charge in [0.2, 0.25) is 5.95 Å². The first kappa shape index (κ1) is 19.2. The number of aromatic nitrogens is 4. The lowest BCUT2D eigenvalue weighted by atomic mass is 10.1. The highest BCUT2D eigenvalue weighted by atomic mass is 32.1. The number of H-pyrrole nitrogens is 1. The van der Waals surface area contributed by atoms with Crippen LogP contribution in [0.2, 0.25) is 0 Å². The normalized spacial score (nSPS) is 11.1. The van der Waals surface area contributed by atoms with Gasteiger partial charge in [-0.25, -0.2) is 9.97 Å². The predicted octanol–water partition coefficient (Wildman–Crippen LogP) is 2.78. The Balaban J connectivity index is 1.43. The van der Waals surface area contributed by atoms with Crippen molar-refractivity contribution in [1.29, 1.82) is 0 Å². The van der Waals surface area contributed by atoms with Gasteiger partial charge in [0.05, 0.1) is 11.3 Å². The molecule has 3 rings (SSSR count). The Morgan fingerprint density at radius 1 is 1.26 bits per heavy atom. The van der Waals surface area contributed by atoms with Crippen LogP contribution in [0.15, 0.2) is 40.9 Å². The molecule has 27 heavy (non-hydrogen) atoms. The molecular weight excluding hydrogens is 360 g/mol. The van der Waals surface area contributed by atoms with E-state index in [1.165, 1.54) is 0 Å². The standard InChI is InChI=1S/C19H24N6OS/c1-25(2)12-17-23-15(13-27-17)7-3-4-9-21-19-22-11-16(18(26)24-19)14-6-5-8-20-10-14/h5-6,8,10-11,13H,3-4,7,9,12H2,1-2H3,(H2,21,22,24,26). The molecule has 0 aliphatic heterocycles. The fourth-order valence-electron chi connectivity index (χ4n) is 2.66. The lowest BCUT2D eigenvalue weighted by Gasteiger charge is -2.06. The summed E-state index contributed by atoms with van der Waals surface area (Å²) in [6.45, 7) is 1.64. The zero-order valence-corrected chi connectivity index (χ0v) is 16.4. The van der Waals surface area contributed by atoms with Crippen molar-refractivity contribution in [2.24, 2.45) is 0 Å². The van der Waals surface area contributed by atoms with Crippen molar-refractivity contribution < 1.29 is 0 Å². The summed E-state index contributed by atoms with van der Waals surface area (Å²) in [6, 6.07) is 3.64. The van der Waals surface area contributed by atoms with E-state index < -0.39 is 0 Å². The lowest BCUT2D eigenvalue weighted by molar-refractivity contribution is 0.401. The third-order valence-corrected chi connectivity index (χ3v) is 4.86. The van der Waals surface area contributed by atoms with Gasteiger partial charge in [-0.15, -0.1) is 11.3 Å². The fourth-order valence-corrected chi connectivity index (χ4v) is 3.60. The number of hydrogen-bond acceptors (Lipinski definition) is 7. The van der Waals surface area contributed by atoms with Gasteiger partial charge in [-0.2, -0.15) is 0 Å². The molecule has 0 saturated heterocycles. The SMILES string of the molecule is CN(C)Cc1nc(CCCCNc2ncc(-c3cccnc3)c(=O)[nH]2)cs1. The number of hydrogen-bond donors (Lipinski definition) is 2. The molecular formula is C19H24N6OS. The van der Waals surface area contributed by atoms with E-state index in [4.69, 9.17) is 0 Å². The van der Waals surface area contributed by atoms with Crippen LogP contribution in [-0.2, 0) is 13.0 Å². The van der Waals surface area contributed by atoms with Gasteiger partial charge in [0.25, 0.3) is 5.56 Å². The Morgan fingerprint density at radius 3 is 2.89 bits per heavy atom. The van der Waals surface area contributed by atoms with Crippen LogP contribution >= 0.6 is 11.3 Å². The van der Waals surface area contributed by atoms with Crippen molar-refractivity contribution in [3.05, 3.63) is 57.2 Å². The van der Waals surface area contributed by atoms with E-state index >= 15 is 0 Å². The van der Waals surface area contributed by atoms with E-state index in [-0.39, 0.29) is 5.56 Å². The number of aryl methyl sites for hydroxylation is 1. The van der Waals surface area contributed by atoms with Gasteiger partial charge in [-0.05, 0) is 39.4 Å². The topological polar surface area (TPSA) is 86.8 Å². The van der Waals surface area contributed by atoms with Gasteiger partial charge in [0, 0.05) is 42.6 Å². The maximum absolute atomic E-state index is 12.2. The first-order valence-corrected chi connectivity index (χ1v) is 9.81. The molecule has 0 radical (unpaired) electrons. The molecule has 3 heterocycles. The summed E-state index contributed by atoms with van der Waals surface area (Å²) in [5, 5.41) is 6.47. The Morgan fingerprint density at radius 2 is 2.15 bits per heavy atom. The van der Waals surface area contributed by atoms with Crippen LogP contribution in [0.5, 0.6) is 0 Å². The molecule has 8 heteroatoms. The highest BCUT2D eigenvalue weighted by molar-refractivity contribution is 7.09. The molecule has 142 valence electrons. The third-order valence-electron chi connectivity index (χ3n) is 3.97. The molecule has 0 unspecified atom stereocenters. The van der Waals surface area contributed by atoms with Gasteiger partial charge in [0.15, 0.2) is 0 Å². The molecule has 7 nitrogen and oxygen atoms in total. The van der Waals surface area contributed by atoms with Crippen LogP contribution in [0.25, 0.3) is 11.1 Å². The average molecular weight is 385 g/mol. The predicted molar refractivity (Wildman–Crippen MR) is 109 cm³/mol. The molecule has 2 N–H and O–H groups in total. The highest BCUT2D eigenvalue weighted by Crippen LogP contribution is 2.14. The molecule has 0 atom stereocenters. The van der Waals surface area contributed by atoms with E-state index in [0.29, 0.717) is 11.5 Å². The van der Waals surface area contributed by atoms with E-state index in [1.54, 1.807) is 36.0 Å². The largest absolute Gasteiger partial charge is 0.356 e. The zero-order chi connectivity index (χ0) is 19.1. The minimum atomic E-state index is -0.170. The number of rotatable bonds is 9. The van der Waals surface area contributed by atoms with Crippen molar-refractivity contribution in [3.8, 4) is 11.1 Å². The molecule has 0 aromatic carbocycles. The van der Waals surface area contributed by atoms with E-state index in [0.717, 1.165) is 48.6 Å². The smallest absolute Gasteiger partial charge is 0.260 e. The van der Waals surface area contributed by atoms with Gasteiger partial charge >= 0.3 is 0 Å². The lowest BCUT2D eigenvalue weighted by Crippen LogP contribution is -2.15. The van der Waals surface area contributed by atoms with Crippen LogP contribution in [-0.4, -0.2) is 45.5 Å². The second-order valence-corrected chi connectivity index (χ2v) is 7.51. The minimum absolute atomic E-state index is 0.170.